The van der Waals surface area contributed by atoms with Crippen molar-refractivity contribution >= 4 is 52.1 Å². The van der Waals surface area contributed by atoms with E-state index < -0.39 is 8.67 Å². The van der Waals surface area contributed by atoms with Crippen LogP contribution < -0.4 is 0 Å². The van der Waals surface area contributed by atoms with Crippen LogP contribution in [0.1, 0.15) is 0 Å². The molecule has 1 aliphatic carbocycles. The molecule has 0 spiro atoms. The quantitative estimate of drug-likeness (QED) is 0.502. The minimum absolute atomic E-state index is 0.501. The summed E-state index contributed by atoms with van der Waals surface area (Å²) in [4.78, 5) is 0. The minimum Gasteiger partial charge on any atom is -0.151 e. The molecule has 94 valence electrons. The van der Waals surface area contributed by atoms with Crippen molar-refractivity contribution in [1.29, 1.82) is 0 Å². The fourth-order valence-corrected chi connectivity index (χ4v) is 1.89. The molecule has 0 unspecified atom stereocenters. The summed E-state index contributed by atoms with van der Waals surface area (Å²) in [6, 6.07) is 9.30. The first-order valence-corrected chi connectivity index (χ1v) is 6.56. The van der Waals surface area contributed by atoms with Crippen LogP contribution in [0.3, 0.4) is 0 Å². The Morgan fingerprint density at radius 3 is 2.11 bits per heavy atom. The van der Waals surface area contributed by atoms with Gasteiger partial charge in [0.2, 0.25) is 0 Å². The number of nitrogens with zero attached hydrogens (tertiary/aromatic N) is 2. The first kappa shape index (κ1) is 13.9. The summed E-state index contributed by atoms with van der Waals surface area (Å²) in [5.74, 6) is 0. The summed E-state index contributed by atoms with van der Waals surface area (Å²) in [6.45, 7) is 0. The lowest BCUT2D eigenvalue weighted by Gasteiger charge is -2.29. The summed E-state index contributed by atoms with van der Waals surface area (Å²) < 4.78 is -2.81. The van der Waals surface area contributed by atoms with Crippen molar-refractivity contribution in [3.63, 3.8) is 0 Å². The summed E-state index contributed by atoms with van der Waals surface area (Å²) >= 11 is 23.9. The molecule has 0 fully saturated rings. The third-order valence-electron chi connectivity index (χ3n) is 2.27. The number of rotatable bonds is 2. The number of benzene rings is 1. The van der Waals surface area contributed by atoms with Crippen molar-refractivity contribution in [3.05, 3.63) is 54.3 Å². The van der Waals surface area contributed by atoms with Gasteiger partial charge in [0.1, 0.15) is 0 Å². The predicted octanol–water partition coefficient (Wildman–Crippen LogP) is 5.57. The van der Waals surface area contributed by atoms with Crippen LogP contribution in [0.2, 0.25) is 0 Å². The molecule has 2 nitrogen and oxygen atoms in total. The highest BCUT2D eigenvalue weighted by Gasteiger charge is 2.45. The molecule has 2 rings (SSSR count). The van der Waals surface area contributed by atoms with Crippen LogP contribution in [0.5, 0.6) is 0 Å². The molecule has 0 saturated heterocycles. The molecular formula is C12H8Cl4N2. The van der Waals surface area contributed by atoms with E-state index in [0.717, 1.165) is 5.69 Å². The molecule has 0 amide bonds. The van der Waals surface area contributed by atoms with Gasteiger partial charge in [-0.2, -0.15) is 10.2 Å². The van der Waals surface area contributed by atoms with Gasteiger partial charge >= 0.3 is 0 Å². The molecule has 0 saturated carbocycles. The number of allylic oxidation sites excluding steroid dienone is 3. The maximum atomic E-state index is 6.01. The van der Waals surface area contributed by atoms with Crippen LogP contribution in [-0.2, 0) is 0 Å². The van der Waals surface area contributed by atoms with Crippen molar-refractivity contribution in [1.82, 2.24) is 0 Å². The number of hydrogen-bond acceptors (Lipinski definition) is 2. The topological polar surface area (TPSA) is 24.7 Å². The van der Waals surface area contributed by atoms with Gasteiger partial charge < -0.3 is 0 Å². The van der Waals surface area contributed by atoms with E-state index in [-0.39, 0.29) is 0 Å². The van der Waals surface area contributed by atoms with E-state index in [4.69, 9.17) is 46.4 Å². The summed E-state index contributed by atoms with van der Waals surface area (Å²) in [7, 11) is 0. The van der Waals surface area contributed by atoms with Gasteiger partial charge in [0, 0.05) is 0 Å². The van der Waals surface area contributed by atoms with Crippen molar-refractivity contribution in [3.8, 4) is 0 Å². The zero-order chi connectivity index (χ0) is 13.2. The minimum atomic E-state index is -1.43. The first-order chi connectivity index (χ1) is 8.41. The van der Waals surface area contributed by atoms with Crippen LogP contribution in [-0.4, -0.2) is 8.67 Å². The van der Waals surface area contributed by atoms with E-state index in [0.29, 0.717) is 5.70 Å². The molecule has 0 bridgehead atoms. The highest BCUT2D eigenvalue weighted by Crippen LogP contribution is 2.47. The third-order valence-corrected chi connectivity index (χ3v) is 4.32. The second-order valence-corrected chi connectivity index (χ2v) is 6.46. The normalized spacial score (nSPS) is 21.0. The fourth-order valence-electron chi connectivity index (χ4n) is 1.30. The molecule has 0 aliphatic heterocycles. The van der Waals surface area contributed by atoms with Gasteiger partial charge in [-0.25, -0.2) is 0 Å². The lowest BCUT2D eigenvalue weighted by Crippen LogP contribution is -2.34. The van der Waals surface area contributed by atoms with Crippen molar-refractivity contribution in [2.45, 2.75) is 8.67 Å². The second kappa shape index (κ2) is 5.22. The van der Waals surface area contributed by atoms with E-state index in [9.17, 15) is 0 Å². The highest BCUT2D eigenvalue weighted by atomic mass is 35.5. The lowest BCUT2D eigenvalue weighted by atomic mass is 10.1. The van der Waals surface area contributed by atoms with E-state index >= 15 is 0 Å². The molecule has 0 atom stereocenters. The molecule has 0 heterocycles. The largest absolute Gasteiger partial charge is 0.175 e. The standard InChI is InChI=1S/C12H8Cl4N2/c13-11(14)7-6-10(8-12(11,15)16)18-17-9-4-2-1-3-5-9/h1-8H. The Bertz CT molecular complexity index is 518. The molecule has 1 aromatic rings. The zero-order valence-corrected chi connectivity index (χ0v) is 12.0. The van der Waals surface area contributed by atoms with Gasteiger partial charge in [-0.1, -0.05) is 64.6 Å². The molecule has 1 aliphatic rings. The SMILES string of the molecule is ClC1(Cl)C=CC(N=Nc2ccccc2)=CC1(Cl)Cl. The van der Waals surface area contributed by atoms with Gasteiger partial charge in [-0.3, -0.25) is 0 Å². The number of alkyl halides is 4. The smallest absolute Gasteiger partial charge is 0.151 e. The van der Waals surface area contributed by atoms with Crippen molar-refractivity contribution in [2.24, 2.45) is 10.2 Å². The first-order valence-electron chi connectivity index (χ1n) is 5.05. The van der Waals surface area contributed by atoms with E-state index in [1.54, 1.807) is 6.08 Å². The summed E-state index contributed by atoms with van der Waals surface area (Å²) in [6.07, 6.45) is 4.56. The Hall–Kier alpha value is -0.540. The number of hydrogen-bond donors (Lipinski definition) is 0. The Kier molecular flexibility index (Phi) is 4.02. The Morgan fingerprint density at radius 1 is 0.833 bits per heavy atom. The Labute approximate surface area is 125 Å². The van der Waals surface area contributed by atoms with Gasteiger partial charge in [-0.15, -0.1) is 0 Å². The zero-order valence-electron chi connectivity index (χ0n) is 9.03. The maximum absolute atomic E-state index is 6.01. The van der Waals surface area contributed by atoms with Gasteiger partial charge in [0.15, 0.2) is 8.67 Å². The van der Waals surface area contributed by atoms with Crippen LogP contribution in [0, 0.1) is 0 Å². The molecule has 0 N–H and O–H groups in total. The van der Waals surface area contributed by atoms with Crippen molar-refractivity contribution < 1.29 is 0 Å². The number of azo groups is 1. The summed E-state index contributed by atoms with van der Waals surface area (Å²) in [5, 5.41) is 8.07. The highest BCUT2D eigenvalue weighted by molar-refractivity contribution is 6.64. The molecule has 18 heavy (non-hydrogen) atoms. The van der Waals surface area contributed by atoms with Gasteiger partial charge in [0.05, 0.1) is 11.4 Å². The Balaban J connectivity index is 2.20. The van der Waals surface area contributed by atoms with Crippen LogP contribution in [0.4, 0.5) is 5.69 Å². The number of halogens is 4. The summed E-state index contributed by atoms with van der Waals surface area (Å²) in [5.41, 5.74) is 1.23. The van der Waals surface area contributed by atoms with E-state index in [1.165, 1.54) is 12.2 Å². The lowest BCUT2D eigenvalue weighted by molar-refractivity contribution is 0.875. The van der Waals surface area contributed by atoms with Crippen LogP contribution >= 0.6 is 46.4 Å². The fraction of sp³-hybridized carbons (Fsp3) is 0.167. The van der Waals surface area contributed by atoms with E-state index in [2.05, 4.69) is 10.2 Å². The third kappa shape index (κ3) is 3.07. The molecular weight excluding hydrogens is 314 g/mol. The predicted molar refractivity (Wildman–Crippen MR) is 77.1 cm³/mol. The van der Waals surface area contributed by atoms with Crippen LogP contribution in [0.25, 0.3) is 0 Å². The monoisotopic (exact) mass is 320 g/mol. The average molecular weight is 322 g/mol. The molecule has 0 radical (unpaired) electrons. The Morgan fingerprint density at radius 2 is 1.50 bits per heavy atom. The molecule has 1 aromatic carbocycles. The van der Waals surface area contributed by atoms with E-state index in [1.807, 2.05) is 30.3 Å². The van der Waals surface area contributed by atoms with Gasteiger partial charge in [-0.05, 0) is 30.4 Å². The average Bonchev–Trinajstić information content (AvgIpc) is 2.32. The van der Waals surface area contributed by atoms with Crippen LogP contribution in [0.15, 0.2) is 64.5 Å². The van der Waals surface area contributed by atoms with Crippen molar-refractivity contribution in [2.75, 3.05) is 0 Å². The second-order valence-electron chi connectivity index (χ2n) is 3.68. The molecule has 6 heteroatoms. The van der Waals surface area contributed by atoms with Gasteiger partial charge in [0.25, 0.3) is 0 Å². The maximum Gasteiger partial charge on any atom is 0.175 e. The molecule has 0 aromatic heterocycles.